The summed E-state index contributed by atoms with van der Waals surface area (Å²) in [7, 11) is 0. The summed E-state index contributed by atoms with van der Waals surface area (Å²) < 4.78 is 0. The highest BCUT2D eigenvalue weighted by atomic mass is 16.2. The molecular weight excluding hydrogens is 288 g/mol. The number of nitrogens with zero attached hydrogens (tertiary/aromatic N) is 2. The van der Waals surface area contributed by atoms with E-state index in [1.807, 2.05) is 12.1 Å². The van der Waals surface area contributed by atoms with Gasteiger partial charge in [0.15, 0.2) is 5.78 Å². The van der Waals surface area contributed by atoms with E-state index < -0.39 is 6.04 Å². The third-order valence-electron chi connectivity index (χ3n) is 3.81. The molecule has 1 aliphatic heterocycles. The largest absolute Gasteiger partial charge is 0.307 e. The number of hydrogen-bond acceptors (Lipinski definition) is 3. The highest BCUT2D eigenvalue weighted by molar-refractivity contribution is 5.98. The highest BCUT2D eigenvalue weighted by Crippen LogP contribution is 2.30. The summed E-state index contributed by atoms with van der Waals surface area (Å²) in [6, 6.07) is 17.7. The molecule has 1 atom stereocenters. The molecule has 0 fully saturated rings. The Morgan fingerprint density at radius 1 is 1.13 bits per heavy atom. The van der Waals surface area contributed by atoms with Gasteiger partial charge < -0.3 is 4.90 Å². The molecule has 0 spiro atoms. The van der Waals surface area contributed by atoms with Crippen LogP contribution in [0, 0.1) is 11.3 Å². The number of carbonyl (C=O) groups is 2. The van der Waals surface area contributed by atoms with Crippen molar-refractivity contribution in [1.29, 1.82) is 5.26 Å². The van der Waals surface area contributed by atoms with Gasteiger partial charge in [0.1, 0.15) is 0 Å². The molecule has 0 aromatic heterocycles. The molecule has 2 aromatic rings. The monoisotopic (exact) mass is 302 g/mol. The number of ketones is 1. The number of amides is 1. The van der Waals surface area contributed by atoms with E-state index in [0.717, 1.165) is 5.56 Å². The van der Waals surface area contributed by atoms with Crippen molar-refractivity contribution in [3.05, 3.63) is 83.6 Å². The number of rotatable bonds is 2. The standard InChI is InChI=1S/C19H14N2O2/c20-13-14-5-4-8-16(11-14)18-12-17(22)9-10-21(18)19(23)15-6-2-1-3-7-15/h1-11,18H,12H2. The van der Waals surface area contributed by atoms with Crippen LogP contribution in [0.15, 0.2) is 66.9 Å². The van der Waals surface area contributed by atoms with Gasteiger partial charge in [-0.2, -0.15) is 5.26 Å². The normalized spacial score (nSPS) is 16.9. The second kappa shape index (κ2) is 6.29. The highest BCUT2D eigenvalue weighted by Gasteiger charge is 2.29. The fourth-order valence-corrected chi connectivity index (χ4v) is 2.66. The van der Waals surface area contributed by atoms with E-state index in [2.05, 4.69) is 6.07 Å². The zero-order chi connectivity index (χ0) is 16.2. The van der Waals surface area contributed by atoms with Crippen LogP contribution >= 0.6 is 0 Å². The molecular formula is C19H14N2O2. The Kier molecular flexibility index (Phi) is 4.03. The Morgan fingerprint density at radius 3 is 2.65 bits per heavy atom. The molecule has 0 saturated carbocycles. The van der Waals surface area contributed by atoms with Gasteiger partial charge in [-0.25, -0.2) is 0 Å². The van der Waals surface area contributed by atoms with Crippen LogP contribution in [0.1, 0.15) is 33.9 Å². The quantitative estimate of drug-likeness (QED) is 0.855. The van der Waals surface area contributed by atoms with Gasteiger partial charge in [0.2, 0.25) is 0 Å². The fourth-order valence-electron chi connectivity index (χ4n) is 2.66. The predicted octanol–water partition coefficient (Wildman–Crippen LogP) is 3.23. The average Bonchev–Trinajstić information content (AvgIpc) is 2.62. The zero-order valence-corrected chi connectivity index (χ0v) is 12.3. The minimum atomic E-state index is -0.395. The first-order chi connectivity index (χ1) is 11.2. The zero-order valence-electron chi connectivity index (χ0n) is 12.3. The van der Waals surface area contributed by atoms with Crippen LogP contribution < -0.4 is 0 Å². The first-order valence-electron chi connectivity index (χ1n) is 7.28. The summed E-state index contributed by atoms with van der Waals surface area (Å²) in [6.45, 7) is 0. The van der Waals surface area contributed by atoms with Crippen molar-refractivity contribution in [2.45, 2.75) is 12.5 Å². The first kappa shape index (κ1) is 14.7. The van der Waals surface area contributed by atoms with Crippen molar-refractivity contribution in [3.63, 3.8) is 0 Å². The van der Waals surface area contributed by atoms with E-state index in [4.69, 9.17) is 5.26 Å². The van der Waals surface area contributed by atoms with Gasteiger partial charge in [0.05, 0.1) is 17.7 Å². The molecule has 0 aliphatic carbocycles. The molecule has 1 heterocycles. The van der Waals surface area contributed by atoms with Crippen molar-refractivity contribution in [2.24, 2.45) is 0 Å². The molecule has 2 aromatic carbocycles. The summed E-state index contributed by atoms with van der Waals surface area (Å²) in [4.78, 5) is 26.1. The number of hydrogen-bond donors (Lipinski definition) is 0. The van der Waals surface area contributed by atoms with Crippen molar-refractivity contribution < 1.29 is 9.59 Å². The molecule has 0 radical (unpaired) electrons. The maximum absolute atomic E-state index is 12.7. The maximum Gasteiger partial charge on any atom is 0.258 e. The van der Waals surface area contributed by atoms with E-state index in [-0.39, 0.29) is 18.1 Å². The minimum absolute atomic E-state index is 0.0329. The summed E-state index contributed by atoms with van der Waals surface area (Å²) in [5.41, 5.74) is 1.86. The molecule has 0 bridgehead atoms. The third kappa shape index (κ3) is 3.04. The van der Waals surface area contributed by atoms with Crippen LogP contribution in [0.4, 0.5) is 0 Å². The summed E-state index contributed by atoms with van der Waals surface area (Å²) in [6.07, 6.45) is 3.17. The lowest BCUT2D eigenvalue weighted by atomic mass is 9.95. The van der Waals surface area contributed by atoms with Crippen LogP contribution in [-0.2, 0) is 4.79 Å². The van der Waals surface area contributed by atoms with E-state index in [9.17, 15) is 9.59 Å². The summed E-state index contributed by atoms with van der Waals surface area (Å²) in [5, 5.41) is 9.05. The Balaban J connectivity index is 1.99. The lowest BCUT2D eigenvalue weighted by Crippen LogP contribution is -2.34. The molecule has 0 N–H and O–H groups in total. The molecule has 112 valence electrons. The molecule has 4 nitrogen and oxygen atoms in total. The minimum Gasteiger partial charge on any atom is -0.307 e. The number of nitriles is 1. The number of benzene rings is 2. The Bertz CT molecular complexity index is 819. The third-order valence-corrected chi connectivity index (χ3v) is 3.81. The van der Waals surface area contributed by atoms with Crippen molar-refractivity contribution >= 4 is 11.7 Å². The Morgan fingerprint density at radius 2 is 1.91 bits per heavy atom. The first-order valence-corrected chi connectivity index (χ1v) is 7.28. The van der Waals surface area contributed by atoms with Crippen LogP contribution in [-0.4, -0.2) is 16.6 Å². The molecule has 0 saturated heterocycles. The smallest absolute Gasteiger partial charge is 0.258 e. The van der Waals surface area contributed by atoms with Crippen LogP contribution in [0.3, 0.4) is 0 Å². The van der Waals surface area contributed by atoms with Gasteiger partial charge >= 0.3 is 0 Å². The van der Waals surface area contributed by atoms with Gasteiger partial charge in [-0.3, -0.25) is 9.59 Å². The molecule has 4 heteroatoms. The van der Waals surface area contributed by atoms with Gasteiger partial charge in [0, 0.05) is 18.2 Å². The molecule has 1 aliphatic rings. The average molecular weight is 302 g/mol. The number of allylic oxidation sites excluding steroid dienone is 1. The lowest BCUT2D eigenvalue weighted by molar-refractivity contribution is -0.116. The van der Waals surface area contributed by atoms with Gasteiger partial charge in [-0.05, 0) is 35.9 Å². The van der Waals surface area contributed by atoms with Crippen LogP contribution in [0.25, 0.3) is 0 Å². The van der Waals surface area contributed by atoms with E-state index in [1.54, 1.807) is 47.4 Å². The van der Waals surface area contributed by atoms with Crippen LogP contribution in [0.2, 0.25) is 0 Å². The van der Waals surface area contributed by atoms with Crippen molar-refractivity contribution in [2.75, 3.05) is 0 Å². The number of carbonyl (C=O) groups excluding carboxylic acids is 2. The maximum atomic E-state index is 12.7. The fraction of sp³-hybridized carbons (Fsp3) is 0.105. The topological polar surface area (TPSA) is 61.2 Å². The van der Waals surface area contributed by atoms with Crippen LogP contribution in [0.5, 0.6) is 0 Å². The SMILES string of the molecule is N#Cc1cccc(C2CC(=O)C=CN2C(=O)c2ccccc2)c1. The summed E-state index contributed by atoms with van der Waals surface area (Å²) >= 11 is 0. The van der Waals surface area contributed by atoms with Crippen molar-refractivity contribution in [1.82, 2.24) is 4.90 Å². The Labute approximate surface area is 134 Å². The summed E-state index contributed by atoms with van der Waals surface area (Å²) in [5.74, 6) is -0.198. The Hall–Kier alpha value is -3.19. The van der Waals surface area contributed by atoms with E-state index in [1.165, 1.54) is 12.3 Å². The van der Waals surface area contributed by atoms with Gasteiger partial charge in [-0.15, -0.1) is 0 Å². The van der Waals surface area contributed by atoms with Crippen molar-refractivity contribution in [3.8, 4) is 6.07 Å². The second-order valence-corrected chi connectivity index (χ2v) is 5.32. The molecule has 1 unspecified atom stereocenters. The molecule has 23 heavy (non-hydrogen) atoms. The lowest BCUT2D eigenvalue weighted by Gasteiger charge is -2.31. The van der Waals surface area contributed by atoms with E-state index >= 15 is 0 Å². The van der Waals surface area contributed by atoms with Gasteiger partial charge in [-0.1, -0.05) is 30.3 Å². The van der Waals surface area contributed by atoms with E-state index in [0.29, 0.717) is 11.1 Å². The second-order valence-electron chi connectivity index (χ2n) is 5.32. The molecule has 3 rings (SSSR count). The van der Waals surface area contributed by atoms with Gasteiger partial charge in [0.25, 0.3) is 5.91 Å². The molecule has 1 amide bonds. The predicted molar refractivity (Wildman–Crippen MR) is 85.3 cm³/mol.